The third-order valence-electron chi connectivity index (χ3n) is 2.60. The summed E-state index contributed by atoms with van der Waals surface area (Å²) >= 11 is 21.9. The SMILES string of the molecule is O=C(CF)N[C@@H](NC(=S)N[C@@H]1CCS(=O)(=O)C1)C(Cl)(Cl)Cl. The highest BCUT2D eigenvalue weighted by Gasteiger charge is 2.35. The molecule has 1 fully saturated rings. The summed E-state index contributed by atoms with van der Waals surface area (Å²) in [4.78, 5) is 11.0. The second-order valence-corrected chi connectivity index (χ2v) is 9.40. The number of sulfone groups is 1. The minimum Gasteiger partial charge on any atom is -0.359 e. The molecule has 3 N–H and O–H groups in total. The molecule has 1 heterocycles. The maximum Gasteiger partial charge on any atom is 0.253 e. The van der Waals surface area contributed by atoms with Crippen LogP contribution < -0.4 is 16.0 Å². The molecule has 0 unspecified atom stereocenters. The first-order chi connectivity index (χ1) is 9.53. The Bertz CT molecular complexity index is 512. The fourth-order valence-electron chi connectivity index (χ4n) is 1.67. The quantitative estimate of drug-likeness (QED) is 0.360. The molecule has 0 bridgehead atoms. The molecule has 1 saturated heterocycles. The van der Waals surface area contributed by atoms with E-state index in [9.17, 15) is 17.6 Å². The van der Waals surface area contributed by atoms with E-state index in [1.54, 1.807) is 0 Å². The van der Waals surface area contributed by atoms with Gasteiger partial charge in [-0.15, -0.1) is 0 Å². The number of carbonyl (C=O) groups excluding carboxylic acids is 1. The van der Waals surface area contributed by atoms with Gasteiger partial charge in [0.15, 0.2) is 21.6 Å². The van der Waals surface area contributed by atoms with Crippen LogP contribution in [0.25, 0.3) is 0 Å². The van der Waals surface area contributed by atoms with Crippen LogP contribution in [0.5, 0.6) is 0 Å². The smallest absolute Gasteiger partial charge is 0.253 e. The standard InChI is InChI=1S/C9H13Cl3FN3O3S2/c10-9(11,12)7(15-6(17)3-13)16-8(20)14-5-1-2-21(18,19)4-5/h5,7H,1-4H2,(H,15,17)(H2,14,16,20)/t5-,7+/m1/s1. The number of hydrogen-bond acceptors (Lipinski definition) is 4. The van der Waals surface area contributed by atoms with Gasteiger partial charge >= 0.3 is 0 Å². The fourth-order valence-corrected chi connectivity index (χ4v) is 3.95. The highest BCUT2D eigenvalue weighted by molar-refractivity contribution is 7.91. The zero-order chi connectivity index (χ0) is 16.3. The first kappa shape index (κ1) is 19.0. The zero-order valence-corrected chi connectivity index (χ0v) is 14.4. The minimum absolute atomic E-state index is 0.00687. The summed E-state index contributed by atoms with van der Waals surface area (Å²) in [5, 5.41) is 7.36. The minimum atomic E-state index is -3.07. The monoisotopic (exact) mass is 399 g/mol. The Balaban J connectivity index is 2.58. The van der Waals surface area contributed by atoms with Gasteiger partial charge in [-0.3, -0.25) is 4.79 Å². The van der Waals surface area contributed by atoms with Gasteiger partial charge in [0.1, 0.15) is 6.17 Å². The van der Waals surface area contributed by atoms with Crippen molar-refractivity contribution in [3.8, 4) is 0 Å². The van der Waals surface area contributed by atoms with Crippen molar-refractivity contribution < 1.29 is 17.6 Å². The number of hydrogen-bond donors (Lipinski definition) is 3. The molecule has 1 aliphatic heterocycles. The number of carbonyl (C=O) groups is 1. The van der Waals surface area contributed by atoms with Crippen LogP contribution in [0, 0.1) is 0 Å². The molecular formula is C9H13Cl3FN3O3S2. The topological polar surface area (TPSA) is 87.3 Å². The van der Waals surface area contributed by atoms with Crippen LogP contribution in [-0.2, 0) is 14.6 Å². The molecule has 12 heteroatoms. The van der Waals surface area contributed by atoms with Gasteiger partial charge in [-0.25, -0.2) is 12.8 Å². The molecule has 0 aromatic rings. The Morgan fingerprint density at radius 2 is 2.00 bits per heavy atom. The van der Waals surface area contributed by atoms with E-state index < -0.39 is 32.4 Å². The van der Waals surface area contributed by atoms with Crippen LogP contribution in [0.15, 0.2) is 0 Å². The van der Waals surface area contributed by atoms with Crippen LogP contribution >= 0.6 is 47.0 Å². The predicted molar refractivity (Wildman–Crippen MR) is 84.1 cm³/mol. The summed E-state index contributed by atoms with van der Waals surface area (Å²) in [6.07, 6.45) is -0.858. The van der Waals surface area contributed by atoms with E-state index >= 15 is 0 Å². The summed E-state index contributed by atoms with van der Waals surface area (Å²) in [5.74, 6) is -0.964. The van der Waals surface area contributed by atoms with E-state index in [0.717, 1.165) is 0 Å². The molecule has 0 radical (unpaired) electrons. The molecule has 6 nitrogen and oxygen atoms in total. The number of halogens is 4. The molecule has 1 aliphatic rings. The molecular weight excluding hydrogens is 388 g/mol. The second-order valence-electron chi connectivity index (χ2n) is 4.39. The molecule has 0 aromatic heterocycles. The van der Waals surface area contributed by atoms with Crippen LogP contribution in [0.1, 0.15) is 6.42 Å². The van der Waals surface area contributed by atoms with Crippen molar-refractivity contribution in [1.82, 2.24) is 16.0 Å². The maximum atomic E-state index is 12.2. The van der Waals surface area contributed by atoms with E-state index in [4.69, 9.17) is 47.0 Å². The molecule has 122 valence electrons. The Labute approximate surface area is 142 Å². The molecule has 21 heavy (non-hydrogen) atoms. The van der Waals surface area contributed by atoms with Crippen molar-refractivity contribution in [3.05, 3.63) is 0 Å². The van der Waals surface area contributed by atoms with Crippen molar-refractivity contribution >= 4 is 67.9 Å². The molecule has 2 atom stereocenters. The lowest BCUT2D eigenvalue weighted by atomic mass is 10.3. The summed E-state index contributed by atoms with van der Waals surface area (Å²) in [7, 11) is -3.07. The first-order valence-corrected chi connectivity index (χ1v) is 9.09. The van der Waals surface area contributed by atoms with Crippen LogP contribution in [0.3, 0.4) is 0 Å². The zero-order valence-electron chi connectivity index (χ0n) is 10.5. The van der Waals surface area contributed by atoms with Gasteiger partial charge < -0.3 is 16.0 Å². The van der Waals surface area contributed by atoms with Gasteiger partial charge in [-0.2, -0.15) is 0 Å². The van der Waals surface area contributed by atoms with Crippen LogP contribution in [-0.4, -0.2) is 53.6 Å². The van der Waals surface area contributed by atoms with Crippen LogP contribution in [0.2, 0.25) is 0 Å². The lowest BCUT2D eigenvalue weighted by Gasteiger charge is -2.28. The number of thiocarbonyl (C=S) groups is 1. The molecule has 0 aromatic carbocycles. The summed E-state index contributed by atoms with van der Waals surface area (Å²) in [6.45, 7) is -1.28. The fraction of sp³-hybridized carbons (Fsp3) is 0.778. The van der Waals surface area contributed by atoms with Gasteiger partial charge in [0.2, 0.25) is 3.79 Å². The number of rotatable bonds is 4. The Morgan fingerprint density at radius 3 is 2.43 bits per heavy atom. The third-order valence-corrected chi connectivity index (χ3v) is 5.26. The van der Waals surface area contributed by atoms with Gasteiger partial charge in [-0.1, -0.05) is 34.8 Å². The first-order valence-electron chi connectivity index (χ1n) is 5.73. The van der Waals surface area contributed by atoms with E-state index in [2.05, 4.69) is 16.0 Å². The average molecular weight is 401 g/mol. The molecule has 1 amide bonds. The second kappa shape index (κ2) is 7.45. The largest absolute Gasteiger partial charge is 0.359 e. The number of nitrogens with one attached hydrogen (secondary N) is 3. The lowest BCUT2D eigenvalue weighted by Crippen LogP contribution is -2.58. The van der Waals surface area contributed by atoms with E-state index in [0.29, 0.717) is 6.42 Å². The van der Waals surface area contributed by atoms with Gasteiger partial charge in [0.05, 0.1) is 11.5 Å². The Morgan fingerprint density at radius 1 is 1.38 bits per heavy atom. The highest BCUT2D eigenvalue weighted by Crippen LogP contribution is 2.29. The molecule has 1 rings (SSSR count). The molecule has 0 spiro atoms. The molecule has 0 aliphatic carbocycles. The number of alkyl halides is 4. The van der Waals surface area contributed by atoms with E-state index in [1.807, 2.05) is 0 Å². The average Bonchev–Trinajstić information content (AvgIpc) is 2.66. The highest BCUT2D eigenvalue weighted by atomic mass is 35.6. The third kappa shape index (κ3) is 6.68. The Kier molecular flexibility index (Phi) is 6.73. The summed E-state index contributed by atoms with van der Waals surface area (Å²) in [6, 6.07) is -0.358. The van der Waals surface area contributed by atoms with Gasteiger partial charge in [0, 0.05) is 6.04 Å². The molecule has 0 saturated carbocycles. The summed E-state index contributed by atoms with van der Waals surface area (Å²) < 4.78 is 32.9. The van der Waals surface area contributed by atoms with E-state index in [-0.39, 0.29) is 22.7 Å². The van der Waals surface area contributed by atoms with Crippen molar-refractivity contribution in [2.24, 2.45) is 0 Å². The van der Waals surface area contributed by atoms with Crippen molar-refractivity contribution in [3.63, 3.8) is 0 Å². The normalized spacial score (nSPS) is 22.4. The Hall–Kier alpha value is -0.0900. The predicted octanol–water partition coefficient (Wildman–Crippen LogP) is 0.420. The maximum absolute atomic E-state index is 12.2. The lowest BCUT2D eigenvalue weighted by molar-refractivity contribution is -0.122. The van der Waals surface area contributed by atoms with E-state index in [1.165, 1.54) is 0 Å². The van der Waals surface area contributed by atoms with Crippen molar-refractivity contribution in [2.45, 2.75) is 22.4 Å². The summed E-state index contributed by atoms with van der Waals surface area (Å²) in [5.41, 5.74) is 0. The van der Waals surface area contributed by atoms with Gasteiger partial charge in [0.25, 0.3) is 5.91 Å². The van der Waals surface area contributed by atoms with Crippen LogP contribution in [0.4, 0.5) is 4.39 Å². The van der Waals surface area contributed by atoms with Gasteiger partial charge in [-0.05, 0) is 18.6 Å². The van der Waals surface area contributed by atoms with Crippen molar-refractivity contribution in [1.29, 1.82) is 0 Å². The van der Waals surface area contributed by atoms with Crippen molar-refractivity contribution in [2.75, 3.05) is 18.2 Å². The number of amides is 1.